The third kappa shape index (κ3) is 32.3. The molecule has 0 saturated carbocycles. The van der Waals surface area contributed by atoms with Crippen LogP contribution in [0.4, 0.5) is 0 Å². The van der Waals surface area contributed by atoms with Crippen LogP contribution >= 0.6 is 7.28 Å². The molecule has 0 aromatic rings. The molecule has 0 aliphatic carbocycles. The van der Waals surface area contributed by atoms with Crippen LogP contribution in [0.5, 0.6) is 0 Å². The van der Waals surface area contributed by atoms with Crippen LogP contribution in [-0.2, 0) is 0 Å². The van der Waals surface area contributed by atoms with Gasteiger partial charge in [0.15, 0.2) is 0 Å². The molecule has 0 fully saturated rings. The quantitative estimate of drug-likeness (QED) is 0.0798. The van der Waals surface area contributed by atoms with Crippen LogP contribution in [0, 0.1) is 0 Å². The van der Waals surface area contributed by atoms with Crippen molar-refractivity contribution in [3.63, 3.8) is 0 Å². The Labute approximate surface area is 208 Å². The third-order valence-electron chi connectivity index (χ3n) is 6.50. The van der Waals surface area contributed by atoms with Crippen molar-refractivity contribution >= 4 is 7.28 Å². The molecule has 0 amide bonds. The van der Waals surface area contributed by atoms with Gasteiger partial charge in [-0.05, 0) is 13.0 Å². The van der Waals surface area contributed by atoms with Gasteiger partial charge in [0, 0.05) is 0 Å². The zero-order valence-corrected chi connectivity index (χ0v) is 23.9. The molecule has 0 aromatic carbocycles. The fourth-order valence-electron chi connectivity index (χ4n) is 4.18. The average molecular weight is 494 g/mol. The molecular formula is C28H64NO3P. The van der Waals surface area contributed by atoms with Gasteiger partial charge in [-0.1, -0.05) is 64.7 Å². The molecule has 0 unspecified atom stereocenters. The molecule has 0 spiro atoms. The predicted molar refractivity (Wildman–Crippen MR) is 151 cm³/mol. The minimum absolute atomic E-state index is 0.201. The molecule has 0 saturated heterocycles. The summed E-state index contributed by atoms with van der Waals surface area (Å²) < 4.78 is 0. The van der Waals surface area contributed by atoms with Crippen molar-refractivity contribution in [3.8, 4) is 0 Å². The Hall–Kier alpha value is 0.270. The molecule has 0 radical (unpaired) electrons. The molecule has 0 atom stereocenters. The number of rotatable bonds is 24. The van der Waals surface area contributed by atoms with Gasteiger partial charge in [0.25, 0.3) is 0 Å². The van der Waals surface area contributed by atoms with Crippen molar-refractivity contribution in [1.29, 1.82) is 0 Å². The van der Waals surface area contributed by atoms with E-state index in [0.717, 1.165) is 45.1 Å². The summed E-state index contributed by atoms with van der Waals surface area (Å²) in [5, 5.41) is 0. The van der Waals surface area contributed by atoms with E-state index in [9.17, 15) is 14.7 Å². The molecule has 5 heteroatoms. The van der Waals surface area contributed by atoms with Crippen LogP contribution in [0.15, 0.2) is 0 Å². The summed E-state index contributed by atoms with van der Waals surface area (Å²) in [6.45, 7) is 7.51. The van der Waals surface area contributed by atoms with Crippen molar-refractivity contribution in [2.24, 2.45) is 5.73 Å². The fraction of sp³-hybridized carbons (Fsp3) is 1.00. The van der Waals surface area contributed by atoms with Gasteiger partial charge < -0.3 is 5.73 Å². The van der Waals surface area contributed by atoms with E-state index >= 15 is 0 Å². The molecule has 0 rings (SSSR count). The molecule has 0 aromatic heterocycles. The maximum absolute atomic E-state index is 10.0. The SMILES string of the molecule is CCCCCCCCCCCCN.CCCCCCCCP(O)(O)(O)CCCCCCCC. The van der Waals surface area contributed by atoms with Gasteiger partial charge in [-0.15, -0.1) is 0 Å². The molecule has 0 aliphatic heterocycles. The van der Waals surface area contributed by atoms with Gasteiger partial charge in [-0.25, -0.2) is 0 Å². The van der Waals surface area contributed by atoms with Gasteiger partial charge in [-0.2, -0.15) is 0 Å². The van der Waals surface area contributed by atoms with Crippen LogP contribution < -0.4 is 5.73 Å². The number of unbranched alkanes of at least 4 members (excludes halogenated alkanes) is 19. The molecule has 204 valence electrons. The summed E-state index contributed by atoms with van der Waals surface area (Å²) >= 11 is 0. The molecule has 0 bridgehead atoms. The Morgan fingerprint density at radius 2 is 0.636 bits per heavy atom. The van der Waals surface area contributed by atoms with E-state index in [-0.39, 0.29) is 12.3 Å². The van der Waals surface area contributed by atoms with E-state index in [1.807, 2.05) is 0 Å². The normalized spacial score (nSPS) is 12.8. The van der Waals surface area contributed by atoms with Crippen molar-refractivity contribution in [2.75, 3.05) is 18.9 Å². The van der Waals surface area contributed by atoms with E-state index in [0.29, 0.717) is 0 Å². The molecule has 0 aliphatic rings. The monoisotopic (exact) mass is 493 g/mol. The van der Waals surface area contributed by atoms with Crippen LogP contribution in [0.1, 0.15) is 162 Å². The number of nitrogens with two attached hydrogens (primary N) is 1. The van der Waals surface area contributed by atoms with Gasteiger partial charge in [-0.3, -0.25) is 0 Å². The first-order valence-electron chi connectivity index (χ1n) is 14.8. The molecular weight excluding hydrogens is 429 g/mol. The summed E-state index contributed by atoms with van der Waals surface area (Å²) in [5.41, 5.74) is 5.42. The Balaban J connectivity index is 0. The maximum atomic E-state index is 10.0. The number of hydrogen-bond acceptors (Lipinski definition) is 4. The second kappa shape index (κ2) is 25.4. The second-order valence-corrected chi connectivity index (χ2v) is 13.9. The summed E-state index contributed by atoms with van der Waals surface area (Å²) in [4.78, 5) is 30.1. The predicted octanol–water partition coefficient (Wildman–Crippen LogP) is 8.85. The van der Waals surface area contributed by atoms with Crippen LogP contribution in [0.3, 0.4) is 0 Å². The Kier molecular flexibility index (Phi) is 27.2. The standard InChI is InChI=1S/C16H37O3P.C12H27N/c1-3-5-7-9-11-13-15-20(17,18,19)16-14-12-10-8-6-4-2;1-2-3-4-5-6-7-8-9-10-11-12-13/h17-19H,3-16H2,1-2H3;2-13H2,1H3. The van der Waals surface area contributed by atoms with E-state index < -0.39 is 7.28 Å². The zero-order chi connectivity index (χ0) is 25.1. The first kappa shape index (κ1) is 35.4. The van der Waals surface area contributed by atoms with E-state index in [4.69, 9.17) is 5.73 Å². The molecule has 33 heavy (non-hydrogen) atoms. The summed E-state index contributed by atoms with van der Waals surface area (Å²) in [6.07, 6.45) is 27.4. The van der Waals surface area contributed by atoms with Gasteiger partial charge in [0.05, 0.1) is 0 Å². The van der Waals surface area contributed by atoms with Crippen LogP contribution in [-0.4, -0.2) is 33.5 Å². The van der Waals surface area contributed by atoms with E-state index in [1.165, 1.54) is 103 Å². The van der Waals surface area contributed by atoms with E-state index in [1.54, 1.807) is 0 Å². The second-order valence-electron chi connectivity index (χ2n) is 10.3. The summed E-state index contributed by atoms with van der Waals surface area (Å²) in [7, 11) is -4.31. The number of hydrogen-bond donors (Lipinski definition) is 4. The van der Waals surface area contributed by atoms with Crippen molar-refractivity contribution in [2.45, 2.75) is 162 Å². The first-order valence-corrected chi connectivity index (χ1v) is 17.2. The van der Waals surface area contributed by atoms with Gasteiger partial charge in [0.2, 0.25) is 0 Å². The summed E-state index contributed by atoms with van der Waals surface area (Å²) in [5.74, 6) is 0. The molecule has 5 N–H and O–H groups in total. The van der Waals surface area contributed by atoms with Crippen molar-refractivity contribution in [1.82, 2.24) is 0 Å². The first-order chi connectivity index (χ1) is 15.8. The Bertz CT molecular complexity index is 342. The van der Waals surface area contributed by atoms with Crippen molar-refractivity contribution < 1.29 is 14.7 Å². The van der Waals surface area contributed by atoms with Gasteiger partial charge >= 0.3 is 125 Å². The minimum atomic E-state index is -4.31. The zero-order valence-electron chi connectivity index (χ0n) is 23.0. The van der Waals surface area contributed by atoms with Crippen LogP contribution in [0.2, 0.25) is 0 Å². The summed E-state index contributed by atoms with van der Waals surface area (Å²) in [6, 6.07) is 0. The van der Waals surface area contributed by atoms with Gasteiger partial charge in [0.1, 0.15) is 0 Å². The van der Waals surface area contributed by atoms with E-state index in [2.05, 4.69) is 20.8 Å². The topological polar surface area (TPSA) is 86.7 Å². The van der Waals surface area contributed by atoms with Crippen molar-refractivity contribution in [3.05, 3.63) is 0 Å². The fourth-order valence-corrected chi connectivity index (χ4v) is 6.14. The third-order valence-corrected chi connectivity index (χ3v) is 8.96. The molecule has 0 heterocycles. The van der Waals surface area contributed by atoms with Crippen LogP contribution in [0.25, 0.3) is 0 Å². The molecule has 4 nitrogen and oxygen atoms in total. The average Bonchev–Trinajstić information content (AvgIpc) is 2.77. The Morgan fingerprint density at radius 1 is 0.394 bits per heavy atom. The Morgan fingerprint density at radius 3 is 0.909 bits per heavy atom.